The predicted molar refractivity (Wildman–Crippen MR) is 121 cm³/mol. The highest BCUT2D eigenvalue weighted by Gasteiger charge is 2.16. The number of thioether (sulfide) groups is 1. The van der Waals surface area contributed by atoms with E-state index in [4.69, 9.17) is 9.15 Å². The van der Waals surface area contributed by atoms with E-state index in [1.165, 1.54) is 4.90 Å². The van der Waals surface area contributed by atoms with Crippen LogP contribution in [0.2, 0.25) is 0 Å². The fourth-order valence-corrected chi connectivity index (χ4v) is 3.51. The molecule has 2 amide bonds. The van der Waals surface area contributed by atoms with Gasteiger partial charge < -0.3 is 19.4 Å². The van der Waals surface area contributed by atoms with E-state index >= 15 is 0 Å². The van der Waals surface area contributed by atoms with Gasteiger partial charge in [0.25, 0.3) is 0 Å². The molecule has 0 saturated carbocycles. The lowest BCUT2D eigenvalue weighted by Gasteiger charge is -2.17. The minimum absolute atomic E-state index is 0.0236. The third-order valence-electron chi connectivity index (χ3n) is 4.67. The molecular formula is C23H25N3O4S. The zero-order valence-corrected chi connectivity index (χ0v) is 18.6. The smallest absolute Gasteiger partial charge is 0.244 e. The van der Waals surface area contributed by atoms with E-state index in [-0.39, 0.29) is 24.8 Å². The van der Waals surface area contributed by atoms with Gasteiger partial charge in [0.05, 0.1) is 25.5 Å². The lowest BCUT2D eigenvalue weighted by Crippen LogP contribution is -2.35. The maximum absolute atomic E-state index is 12.4. The summed E-state index contributed by atoms with van der Waals surface area (Å²) >= 11 is 1.55. The highest BCUT2D eigenvalue weighted by Crippen LogP contribution is 2.25. The molecule has 1 aromatic heterocycles. The molecule has 1 N–H and O–H groups in total. The first kappa shape index (κ1) is 22.4. The Hall–Kier alpha value is -3.26. The molecule has 0 spiro atoms. The number of carbonyl (C=O) groups excluding carboxylic acids is 2. The van der Waals surface area contributed by atoms with Gasteiger partial charge in [0.15, 0.2) is 11.7 Å². The Kier molecular flexibility index (Phi) is 7.72. The van der Waals surface area contributed by atoms with Crippen LogP contribution in [0.15, 0.2) is 64.0 Å². The molecule has 0 aliphatic heterocycles. The van der Waals surface area contributed by atoms with Gasteiger partial charge in [0, 0.05) is 30.3 Å². The number of hydrogen-bond acceptors (Lipinski definition) is 6. The van der Waals surface area contributed by atoms with E-state index in [1.54, 1.807) is 32.1 Å². The zero-order chi connectivity index (χ0) is 22.2. The number of carbonyl (C=O) groups is 2. The number of nitrogens with zero attached hydrogens (tertiary/aromatic N) is 2. The van der Waals surface area contributed by atoms with Crippen LogP contribution >= 0.6 is 11.8 Å². The monoisotopic (exact) mass is 439 g/mol. The summed E-state index contributed by atoms with van der Waals surface area (Å²) in [5.41, 5.74) is 1.62. The number of ether oxygens (including phenoxy) is 1. The van der Waals surface area contributed by atoms with Gasteiger partial charge in [-0.05, 0) is 42.7 Å². The van der Waals surface area contributed by atoms with Gasteiger partial charge in [-0.15, -0.1) is 11.8 Å². The SMILES string of the molecule is COc1ccc(-c2cnc(CCC(=O)N(C)CC(=O)Nc3ccccc3SC)o2)cc1. The average molecular weight is 440 g/mol. The van der Waals surface area contributed by atoms with Gasteiger partial charge in [0.1, 0.15) is 5.75 Å². The van der Waals surface area contributed by atoms with Crippen molar-refractivity contribution in [1.82, 2.24) is 9.88 Å². The summed E-state index contributed by atoms with van der Waals surface area (Å²) < 4.78 is 10.9. The number of nitrogens with one attached hydrogen (secondary N) is 1. The summed E-state index contributed by atoms with van der Waals surface area (Å²) in [6.45, 7) is -0.0236. The van der Waals surface area contributed by atoms with Crippen molar-refractivity contribution in [3.63, 3.8) is 0 Å². The second-order valence-corrected chi connectivity index (χ2v) is 7.69. The Morgan fingerprint density at radius 3 is 2.61 bits per heavy atom. The molecule has 3 aromatic rings. The molecule has 0 radical (unpaired) electrons. The Balaban J connectivity index is 1.50. The van der Waals surface area contributed by atoms with Crippen molar-refractivity contribution in [2.75, 3.05) is 32.3 Å². The van der Waals surface area contributed by atoms with Crippen LogP contribution in [-0.2, 0) is 16.0 Å². The quantitative estimate of drug-likeness (QED) is 0.505. The first-order valence-electron chi connectivity index (χ1n) is 9.76. The van der Waals surface area contributed by atoms with Crippen molar-refractivity contribution in [3.8, 4) is 17.1 Å². The summed E-state index contributed by atoms with van der Waals surface area (Å²) in [6.07, 6.45) is 4.15. The summed E-state index contributed by atoms with van der Waals surface area (Å²) in [6, 6.07) is 15.0. The molecular weight excluding hydrogens is 414 g/mol. The molecule has 0 fully saturated rings. The van der Waals surface area contributed by atoms with Crippen molar-refractivity contribution in [3.05, 3.63) is 60.6 Å². The number of amides is 2. The van der Waals surface area contributed by atoms with Crippen LogP contribution in [-0.4, -0.2) is 48.7 Å². The maximum Gasteiger partial charge on any atom is 0.244 e. The Labute approximate surface area is 185 Å². The number of hydrogen-bond donors (Lipinski definition) is 1. The van der Waals surface area contributed by atoms with Crippen molar-refractivity contribution in [1.29, 1.82) is 0 Å². The molecule has 162 valence electrons. The molecule has 0 atom stereocenters. The fourth-order valence-electron chi connectivity index (χ4n) is 2.96. The number of aromatic nitrogens is 1. The van der Waals surface area contributed by atoms with Crippen LogP contribution in [0.5, 0.6) is 5.75 Å². The highest BCUT2D eigenvalue weighted by molar-refractivity contribution is 7.98. The van der Waals surface area contributed by atoms with Crippen LogP contribution in [0.4, 0.5) is 5.69 Å². The van der Waals surface area contributed by atoms with Crippen LogP contribution < -0.4 is 10.1 Å². The van der Waals surface area contributed by atoms with Crippen LogP contribution in [0.3, 0.4) is 0 Å². The third kappa shape index (κ3) is 6.11. The predicted octanol–water partition coefficient (Wildman–Crippen LogP) is 4.10. The Morgan fingerprint density at radius 2 is 1.90 bits per heavy atom. The van der Waals surface area contributed by atoms with E-state index in [0.717, 1.165) is 21.9 Å². The second-order valence-electron chi connectivity index (χ2n) is 6.85. The minimum atomic E-state index is -0.240. The molecule has 2 aromatic carbocycles. The summed E-state index contributed by atoms with van der Waals surface area (Å²) in [7, 11) is 3.23. The zero-order valence-electron chi connectivity index (χ0n) is 17.8. The second kappa shape index (κ2) is 10.7. The van der Waals surface area contributed by atoms with Gasteiger partial charge in [-0.3, -0.25) is 9.59 Å². The normalized spacial score (nSPS) is 10.5. The molecule has 8 heteroatoms. The van der Waals surface area contributed by atoms with Crippen LogP contribution in [0.25, 0.3) is 11.3 Å². The van der Waals surface area contributed by atoms with Crippen molar-refractivity contribution >= 4 is 29.3 Å². The molecule has 31 heavy (non-hydrogen) atoms. The molecule has 0 aliphatic rings. The lowest BCUT2D eigenvalue weighted by molar-refractivity contribution is -0.133. The molecule has 3 rings (SSSR count). The number of benzene rings is 2. The van der Waals surface area contributed by atoms with Crippen LogP contribution in [0, 0.1) is 0 Å². The van der Waals surface area contributed by atoms with Gasteiger partial charge >= 0.3 is 0 Å². The Bertz CT molecular complexity index is 1030. The van der Waals surface area contributed by atoms with Crippen LogP contribution in [0.1, 0.15) is 12.3 Å². The number of aryl methyl sites for hydroxylation is 1. The lowest BCUT2D eigenvalue weighted by atomic mass is 10.2. The highest BCUT2D eigenvalue weighted by atomic mass is 32.2. The largest absolute Gasteiger partial charge is 0.497 e. The summed E-state index contributed by atoms with van der Waals surface area (Å²) in [4.78, 5) is 31.4. The van der Waals surface area contributed by atoms with Gasteiger partial charge in [-0.25, -0.2) is 4.98 Å². The van der Waals surface area contributed by atoms with E-state index in [9.17, 15) is 9.59 Å². The topological polar surface area (TPSA) is 84.7 Å². The van der Waals surface area contributed by atoms with E-state index in [1.807, 2.05) is 54.8 Å². The number of para-hydroxylation sites is 1. The first-order valence-corrected chi connectivity index (χ1v) is 11.0. The molecule has 1 heterocycles. The Morgan fingerprint density at radius 1 is 1.16 bits per heavy atom. The van der Waals surface area contributed by atoms with E-state index < -0.39 is 0 Å². The molecule has 0 saturated heterocycles. The molecule has 0 aliphatic carbocycles. The third-order valence-corrected chi connectivity index (χ3v) is 5.46. The minimum Gasteiger partial charge on any atom is -0.497 e. The molecule has 7 nitrogen and oxygen atoms in total. The van der Waals surface area contributed by atoms with Crippen molar-refractivity contribution < 1.29 is 18.7 Å². The first-order chi connectivity index (χ1) is 15.0. The number of rotatable bonds is 9. The van der Waals surface area contributed by atoms with Crippen molar-refractivity contribution in [2.45, 2.75) is 17.7 Å². The number of likely N-dealkylation sites (N-methyl/N-ethyl adjacent to an activating group) is 1. The van der Waals surface area contributed by atoms with Gasteiger partial charge in [-0.2, -0.15) is 0 Å². The van der Waals surface area contributed by atoms with E-state index in [0.29, 0.717) is 18.1 Å². The molecule has 0 unspecified atom stereocenters. The van der Waals surface area contributed by atoms with Gasteiger partial charge in [0.2, 0.25) is 11.8 Å². The van der Waals surface area contributed by atoms with E-state index in [2.05, 4.69) is 10.3 Å². The number of oxazole rings is 1. The number of anilines is 1. The summed E-state index contributed by atoms with van der Waals surface area (Å²) in [5, 5.41) is 2.86. The number of methoxy groups -OCH3 is 1. The maximum atomic E-state index is 12.4. The molecule has 0 bridgehead atoms. The van der Waals surface area contributed by atoms with Crippen molar-refractivity contribution in [2.24, 2.45) is 0 Å². The summed E-state index contributed by atoms with van der Waals surface area (Å²) in [5.74, 6) is 1.47. The standard InChI is InChI=1S/C23H25N3O4S/c1-26(15-21(27)25-18-6-4-5-7-20(18)31-3)23(28)13-12-22-24-14-19(30-22)16-8-10-17(29-2)11-9-16/h4-11,14H,12-13,15H2,1-3H3,(H,25,27). The fraction of sp³-hybridized carbons (Fsp3) is 0.261. The van der Waals surface area contributed by atoms with Gasteiger partial charge in [-0.1, -0.05) is 12.1 Å². The average Bonchev–Trinajstić information content (AvgIpc) is 3.26.